The SMILES string of the molecule is Clc1cc(C2CCCC2)nn1-c1nccs1. The average Bonchev–Trinajstić information content (AvgIpc) is 2.97. The monoisotopic (exact) mass is 253 g/mol. The maximum atomic E-state index is 6.18. The Morgan fingerprint density at radius 1 is 1.38 bits per heavy atom. The summed E-state index contributed by atoms with van der Waals surface area (Å²) in [6.45, 7) is 0. The highest BCUT2D eigenvalue weighted by molar-refractivity contribution is 7.12. The second-order valence-electron chi connectivity index (χ2n) is 4.10. The lowest BCUT2D eigenvalue weighted by Crippen LogP contribution is -1.98. The predicted octanol–water partition coefficient (Wildman–Crippen LogP) is 3.64. The first-order valence-electron chi connectivity index (χ1n) is 5.50. The number of aromatic nitrogens is 3. The summed E-state index contributed by atoms with van der Waals surface area (Å²) >= 11 is 7.73. The highest BCUT2D eigenvalue weighted by Gasteiger charge is 2.21. The van der Waals surface area contributed by atoms with Crippen molar-refractivity contribution in [2.45, 2.75) is 31.6 Å². The van der Waals surface area contributed by atoms with Crippen LogP contribution < -0.4 is 0 Å². The van der Waals surface area contributed by atoms with Gasteiger partial charge in [-0.1, -0.05) is 24.4 Å². The molecule has 1 fully saturated rings. The van der Waals surface area contributed by atoms with Crippen molar-refractivity contribution in [2.24, 2.45) is 0 Å². The van der Waals surface area contributed by atoms with Gasteiger partial charge in [-0.15, -0.1) is 11.3 Å². The molecule has 1 aliphatic carbocycles. The highest BCUT2D eigenvalue weighted by Crippen LogP contribution is 2.34. The molecule has 0 bridgehead atoms. The van der Waals surface area contributed by atoms with Crippen molar-refractivity contribution in [3.63, 3.8) is 0 Å². The van der Waals surface area contributed by atoms with Crippen molar-refractivity contribution >= 4 is 22.9 Å². The molecule has 0 unspecified atom stereocenters. The molecule has 1 aliphatic rings. The van der Waals surface area contributed by atoms with Crippen LogP contribution in [0.1, 0.15) is 37.3 Å². The Hall–Kier alpha value is -0.870. The molecule has 3 rings (SSSR count). The molecular formula is C11H12ClN3S. The lowest BCUT2D eigenvalue weighted by molar-refractivity contribution is 0.678. The van der Waals surface area contributed by atoms with E-state index in [1.54, 1.807) is 22.2 Å². The second kappa shape index (κ2) is 4.18. The third-order valence-electron chi connectivity index (χ3n) is 3.06. The molecule has 0 N–H and O–H groups in total. The third-order valence-corrected chi connectivity index (χ3v) is 4.07. The van der Waals surface area contributed by atoms with E-state index in [4.69, 9.17) is 11.6 Å². The molecule has 2 aromatic heterocycles. The fourth-order valence-electron chi connectivity index (χ4n) is 2.25. The lowest BCUT2D eigenvalue weighted by atomic mass is 10.1. The van der Waals surface area contributed by atoms with Crippen LogP contribution in [0.3, 0.4) is 0 Å². The van der Waals surface area contributed by atoms with Gasteiger partial charge in [-0.25, -0.2) is 4.98 Å². The van der Waals surface area contributed by atoms with E-state index in [0.717, 1.165) is 10.8 Å². The Bertz CT molecular complexity index is 471. The molecule has 0 atom stereocenters. The van der Waals surface area contributed by atoms with E-state index in [0.29, 0.717) is 11.1 Å². The summed E-state index contributed by atoms with van der Waals surface area (Å²) < 4.78 is 1.74. The molecule has 0 amide bonds. The topological polar surface area (TPSA) is 30.7 Å². The van der Waals surface area contributed by atoms with Crippen LogP contribution in [0.5, 0.6) is 0 Å². The van der Waals surface area contributed by atoms with Gasteiger partial charge in [-0.05, 0) is 18.9 Å². The lowest BCUT2D eigenvalue weighted by Gasteiger charge is -2.02. The molecule has 2 aromatic rings. The van der Waals surface area contributed by atoms with E-state index in [-0.39, 0.29) is 0 Å². The number of rotatable bonds is 2. The standard InChI is InChI=1S/C11H12ClN3S/c12-10-7-9(8-3-1-2-4-8)14-15(10)11-13-5-6-16-11/h5-8H,1-4H2. The van der Waals surface area contributed by atoms with Gasteiger partial charge in [0.1, 0.15) is 5.15 Å². The van der Waals surface area contributed by atoms with Crippen LogP contribution in [0.4, 0.5) is 0 Å². The van der Waals surface area contributed by atoms with Crippen molar-refractivity contribution < 1.29 is 0 Å². The van der Waals surface area contributed by atoms with Crippen LogP contribution in [0.25, 0.3) is 5.13 Å². The minimum absolute atomic E-state index is 0.596. The molecule has 0 spiro atoms. The molecule has 3 nitrogen and oxygen atoms in total. The summed E-state index contributed by atoms with van der Waals surface area (Å²) in [7, 11) is 0. The van der Waals surface area contributed by atoms with Gasteiger partial charge in [0.15, 0.2) is 0 Å². The quantitative estimate of drug-likeness (QED) is 0.818. The first kappa shape index (κ1) is 10.3. The van der Waals surface area contributed by atoms with Gasteiger partial charge in [0.2, 0.25) is 5.13 Å². The second-order valence-corrected chi connectivity index (χ2v) is 5.36. The van der Waals surface area contributed by atoms with Gasteiger partial charge in [-0.2, -0.15) is 9.78 Å². The Balaban J connectivity index is 1.95. The summed E-state index contributed by atoms with van der Waals surface area (Å²) in [5, 5.41) is 8.01. The summed E-state index contributed by atoms with van der Waals surface area (Å²) in [4.78, 5) is 4.22. The number of thiazole rings is 1. The van der Waals surface area contributed by atoms with E-state index in [1.165, 1.54) is 25.7 Å². The van der Waals surface area contributed by atoms with Crippen molar-refractivity contribution in [1.29, 1.82) is 0 Å². The molecule has 5 heteroatoms. The van der Waals surface area contributed by atoms with Crippen molar-refractivity contribution in [3.05, 3.63) is 28.5 Å². The highest BCUT2D eigenvalue weighted by atomic mass is 35.5. The zero-order valence-corrected chi connectivity index (χ0v) is 10.3. The number of halogens is 1. The minimum atomic E-state index is 0.596. The summed E-state index contributed by atoms with van der Waals surface area (Å²) in [6.07, 6.45) is 6.88. The molecule has 1 saturated carbocycles. The molecule has 0 aromatic carbocycles. The van der Waals surface area contributed by atoms with Crippen molar-refractivity contribution in [3.8, 4) is 5.13 Å². The van der Waals surface area contributed by atoms with Gasteiger partial charge < -0.3 is 0 Å². The Labute approximate surface area is 103 Å². The summed E-state index contributed by atoms with van der Waals surface area (Å²) in [5.41, 5.74) is 1.12. The van der Waals surface area contributed by atoms with Gasteiger partial charge in [0.25, 0.3) is 0 Å². The number of nitrogens with zero attached hydrogens (tertiary/aromatic N) is 3. The Morgan fingerprint density at radius 3 is 2.88 bits per heavy atom. The number of hydrogen-bond donors (Lipinski definition) is 0. The normalized spacial score (nSPS) is 17.1. The van der Waals surface area contributed by atoms with E-state index in [9.17, 15) is 0 Å². The largest absolute Gasteiger partial charge is 0.227 e. The van der Waals surface area contributed by atoms with Crippen LogP contribution in [0.15, 0.2) is 17.6 Å². The van der Waals surface area contributed by atoms with E-state index in [2.05, 4.69) is 10.1 Å². The smallest absolute Gasteiger partial charge is 0.211 e. The fraction of sp³-hybridized carbons (Fsp3) is 0.455. The molecule has 16 heavy (non-hydrogen) atoms. The van der Waals surface area contributed by atoms with Gasteiger partial charge in [-0.3, -0.25) is 0 Å². The van der Waals surface area contributed by atoms with E-state index < -0.39 is 0 Å². The van der Waals surface area contributed by atoms with Gasteiger partial charge in [0.05, 0.1) is 5.69 Å². The van der Waals surface area contributed by atoms with Crippen molar-refractivity contribution in [1.82, 2.24) is 14.8 Å². The minimum Gasteiger partial charge on any atom is -0.227 e. The van der Waals surface area contributed by atoms with Crippen LogP contribution in [0.2, 0.25) is 5.15 Å². The summed E-state index contributed by atoms with van der Waals surface area (Å²) in [6, 6.07) is 1.99. The zero-order valence-electron chi connectivity index (χ0n) is 8.77. The first-order chi connectivity index (χ1) is 7.84. The maximum Gasteiger partial charge on any atom is 0.211 e. The molecule has 84 valence electrons. The van der Waals surface area contributed by atoms with Crippen LogP contribution >= 0.6 is 22.9 Å². The van der Waals surface area contributed by atoms with Gasteiger partial charge in [0, 0.05) is 17.5 Å². The van der Waals surface area contributed by atoms with Crippen LogP contribution in [-0.2, 0) is 0 Å². The van der Waals surface area contributed by atoms with Crippen molar-refractivity contribution in [2.75, 3.05) is 0 Å². The van der Waals surface area contributed by atoms with E-state index in [1.807, 2.05) is 11.4 Å². The first-order valence-corrected chi connectivity index (χ1v) is 6.75. The molecule has 0 saturated heterocycles. The van der Waals surface area contributed by atoms with E-state index >= 15 is 0 Å². The molecule has 2 heterocycles. The summed E-state index contributed by atoms with van der Waals surface area (Å²) in [5.74, 6) is 0.596. The van der Waals surface area contributed by atoms with Crippen LogP contribution in [-0.4, -0.2) is 14.8 Å². The predicted molar refractivity (Wildman–Crippen MR) is 65.5 cm³/mol. The Kier molecular flexibility index (Phi) is 2.69. The maximum absolute atomic E-state index is 6.18. The third kappa shape index (κ3) is 1.76. The van der Waals surface area contributed by atoms with Gasteiger partial charge >= 0.3 is 0 Å². The molecule has 0 aliphatic heterocycles. The molecular weight excluding hydrogens is 242 g/mol. The zero-order chi connectivity index (χ0) is 11.0. The molecule has 0 radical (unpaired) electrons. The van der Waals surface area contributed by atoms with Crippen LogP contribution in [0, 0.1) is 0 Å². The Morgan fingerprint density at radius 2 is 2.19 bits per heavy atom. The fourth-order valence-corrected chi connectivity index (χ4v) is 3.13. The number of hydrogen-bond acceptors (Lipinski definition) is 3. The average molecular weight is 254 g/mol.